The van der Waals surface area contributed by atoms with Crippen LogP contribution in [0.3, 0.4) is 0 Å². The van der Waals surface area contributed by atoms with Crippen LogP contribution in [-0.4, -0.2) is 29.7 Å². The second-order valence-corrected chi connectivity index (χ2v) is 5.71. The van der Waals surface area contributed by atoms with Gasteiger partial charge in [-0.1, -0.05) is 24.3 Å². The van der Waals surface area contributed by atoms with Crippen LogP contribution in [0.4, 0.5) is 0 Å². The highest BCUT2D eigenvalue weighted by Gasteiger charge is 2.30. The zero-order chi connectivity index (χ0) is 14.5. The number of methoxy groups -OCH3 is 1. The molecule has 0 spiro atoms. The van der Waals surface area contributed by atoms with Crippen molar-refractivity contribution in [2.45, 2.75) is 32.4 Å². The molecule has 1 aliphatic carbocycles. The van der Waals surface area contributed by atoms with E-state index in [2.05, 4.69) is 28.9 Å². The van der Waals surface area contributed by atoms with Crippen molar-refractivity contribution in [2.24, 2.45) is 0 Å². The average Bonchev–Trinajstić information content (AvgIpc) is 3.27. The van der Waals surface area contributed by atoms with Crippen molar-refractivity contribution >= 4 is 17.3 Å². The lowest BCUT2D eigenvalue weighted by Gasteiger charge is -2.26. The van der Waals surface area contributed by atoms with E-state index >= 15 is 0 Å². The molecule has 0 bridgehead atoms. The Morgan fingerprint density at radius 3 is 2.55 bits per heavy atom. The molecule has 0 heterocycles. The second-order valence-electron chi connectivity index (χ2n) is 5.32. The maximum Gasteiger partial charge on any atom is 0.169 e. The van der Waals surface area contributed by atoms with Gasteiger partial charge in [0.2, 0.25) is 0 Å². The number of benzene rings is 1. The van der Waals surface area contributed by atoms with Gasteiger partial charge in [-0.2, -0.15) is 0 Å². The Balaban J connectivity index is 1.97. The largest absolute Gasteiger partial charge is 0.497 e. The molecule has 1 saturated carbocycles. The van der Waals surface area contributed by atoms with Crippen LogP contribution in [-0.2, 0) is 6.54 Å². The molecule has 2 rings (SSSR count). The quantitative estimate of drug-likeness (QED) is 0.643. The van der Waals surface area contributed by atoms with Gasteiger partial charge in [0.25, 0.3) is 0 Å². The molecule has 0 aliphatic heterocycles. The number of hydrogen-bond donors (Lipinski definition) is 1. The van der Waals surface area contributed by atoms with Crippen LogP contribution in [0.2, 0.25) is 0 Å². The Labute approximate surface area is 126 Å². The van der Waals surface area contributed by atoms with E-state index < -0.39 is 0 Å². The van der Waals surface area contributed by atoms with E-state index in [1.165, 1.54) is 18.4 Å². The Kier molecular flexibility index (Phi) is 5.01. The minimum Gasteiger partial charge on any atom is -0.497 e. The van der Waals surface area contributed by atoms with E-state index in [0.717, 1.165) is 29.5 Å². The van der Waals surface area contributed by atoms with Crippen LogP contribution >= 0.6 is 12.2 Å². The first kappa shape index (κ1) is 14.9. The first-order valence-corrected chi connectivity index (χ1v) is 7.32. The highest BCUT2D eigenvalue weighted by atomic mass is 32.1. The number of hydrogen-bond acceptors (Lipinski definition) is 2. The molecule has 0 amide bonds. The molecule has 1 fully saturated rings. The van der Waals surface area contributed by atoms with E-state index in [1.54, 1.807) is 7.11 Å². The monoisotopic (exact) mass is 290 g/mol. The lowest BCUT2D eigenvalue weighted by atomic mass is 10.2. The van der Waals surface area contributed by atoms with Crippen molar-refractivity contribution < 1.29 is 4.74 Å². The van der Waals surface area contributed by atoms with Gasteiger partial charge in [0, 0.05) is 19.1 Å². The van der Waals surface area contributed by atoms with Gasteiger partial charge in [-0.15, -0.1) is 0 Å². The molecule has 0 unspecified atom stereocenters. The number of rotatable bonds is 6. The highest BCUT2D eigenvalue weighted by Crippen LogP contribution is 2.28. The van der Waals surface area contributed by atoms with E-state index in [1.807, 2.05) is 19.1 Å². The molecule has 1 N–H and O–H groups in total. The van der Waals surface area contributed by atoms with E-state index in [4.69, 9.17) is 17.0 Å². The van der Waals surface area contributed by atoms with Crippen LogP contribution in [0.25, 0.3) is 0 Å². The number of nitrogens with one attached hydrogen (secondary N) is 1. The first-order valence-electron chi connectivity index (χ1n) is 6.92. The Morgan fingerprint density at radius 1 is 1.40 bits per heavy atom. The van der Waals surface area contributed by atoms with Crippen LogP contribution in [0, 0.1) is 0 Å². The maximum atomic E-state index is 5.51. The summed E-state index contributed by atoms with van der Waals surface area (Å²) in [5.41, 5.74) is 2.34. The summed E-state index contributed by atoms with van der Waals surface area (Å²) in [4.78, 5) is 2.28. The summed E-state index contributed by atoms with van der Waals surface area (Å²) in [6.07, 6.45) is 2.45. The molecular weight excluding hydrogens is 268 g/mol. The number of thiocarbonyl (C=S) groups is 1. The second kappa shape index (κ2) is 6.75. The van der Waals surface area contributed by atoms with Crippen LogP contribution < -0.4 is 10.1 Å². The number of ether oxygens (including phenoxy) is 1. The summed E-state index contributed by atoms with van der Waals surface area (Å²) in [5.74, 6) is 0.884. The fourth-order valence-electron chi connectivity index (χ4n) is 2.01. The average molecular weight is 290 g/mol. The molecule has 0 atom stereocenters. The summed E-state index contributed by atoms with van der Waals surface area (Å²) >= 11 is 5.51. The van der Waals surface area contributed by atoms with Crippen molar-refractivity contribution in [3.8, 4) is 5.75 Å². The molecule has 1 aromatic rings. The zero-order valence-electron chi connectivity index (χ0n) is 12.2. The van der Waals surface area contributed by atoms with Gasteiger partial charge in [0.15, 0.2) is 5.11 Å². The van der Waals surface area contributed by atoms with E-state index in [0.29, 0.717) is 6.04 Å². The minimum absolute atomic E-state index is 0.585. The fourth-order valence-corrected chi connectivity index (χ4v) is 2.29. The van der Waals surface area contributed by atoms with Gasteiger partial charge in [-0.3, -0.25) is 0 Å². The zero-order valence-corrected chi connectivity index (χ0v) is 13.0. The molecule has 4 heteroatoms. The fraction of sp³-hybridized carbons (Fsp3) is 0.438. The van der Waals surface area contributed by atoms with Gasteiger partial charge in [0.1, 0.15) is 5.75 Å². The van der Waals surface area contributed by atoms with Gasteiger partial charge in [0.05, 0.1) is 7.11 Å². The molecular formula is C16H22N2OS. The third-order valence-corrected chi connectivity index (χ3v) is 3.68. The predicted molar refractivity (Wildman–Crippen MR) is 87.0 cm³/mol. The van der Waals surface area contributed by atoms with Crippen molar-refractivity contribution in [1.29, 1.82) is 0 Å². The maximum absolute atomic E-state index is 5.51. The van der Waals surface area contributed by atoms with Crippen molar-refractivity contribution in [3.05, 3.63) is 42.0 Å². The Bertz CT molecular complexity index is 480. The van der Waals surface area contributed by atoms with Gasteiger partial charge in [-0.25, -0.2) is 0 Å². The van der Waals surface area contributed by atoms with Crippen molar-refractivity contribution in [1.82, 2.24) is 10.2 Å². The van der Waals surface area contributed by atoms with E-state index in [-0.39, 0.29) is 0 Å². The molecule has 1 aliphatic rings. The normalized spacial score (nSPS) is 13.7. The van der Waals surface area contributed by atoms with Crippen molar-refractivity contribution in [2.75, 3.05) is 13.7 Å². The first-order chi connectivity index (χ1) is 9.60. The molecule has 108 valence electrons. The summed E-state index contributed by atoms with van der Waals surface area (Å²) < 4.78 is 5.18. The summed E-state index contributed by atoms with van der Waals surface area (Å²) in [7, 11) is 1.68. The minimum atomic E-state index is 0.585. The molecule has 20 heavy (non-hydrogen) atoms. The third-order valence-electron chi connectivity index (χ3n) is 3.30. The third kappa shape index (κ3) is 4.23. The highest BCUT2D eigenvalue weighted by molar-refractivity contribution is 7.80. The Morgan fingerprint density at radius 2 is 2.05 bits per heavy atom. The molecule has 1 aromatic carbocycles. The SMILES string of the molecule is C=C(C)CNC(=S)N(Cc1ccc(OC)cc1)C1CC1. The van der Waals surface area contributed by atoms with Gasteiger partial charge >= 0.3 is 0 Å². The smallest absolute Gasteiger partial charge is 0.169 e. The number of nitrogens with zero attached hydrogens (tertiary/aromatic N) is 1. The lowest BCUT2D eigenvalue weighted by Crippen LogP contribution is -2.41. The van der Waals surface area contributed by atoms with Gasteiger partial charge in [-0.05, 0) is 49.7 Å². The summed E-state index contributed by atoms with van der Waals surface area (Å²) in [5, 5.41) is 4.10. The van der Waals surface area contributed by atoms with Crippen molar-refractivity contribution in [3.63, 3.8) is 0 Å². The van der Waals surface area contributed by atoms with Crippen LogP contribution in [0.5, 0.6) is 5.75 Å². The van der Waals surface area contributed by atoms with Crippen LogP contribution in [0.15, 0.2) is 36.4 Å². The molecule has 0 radical (unpaired) electrons. The van der Waals surface area contributed by atoms with E-state index in [9.17, 15) is 0 Å². The van der Waals surface area contributed by atoms with Crippen LogP contribution in [0.1, 0.15) is 25.3 Å². The molecule has 0 aromatic heterocycles. The molecule has 3 nitrogen and oxygen atoms in total. The predicted octanol–water partition coefficient (Wildman–Crippen LogP) is 3.11. The Hall–Kier alpha value is -1.55. The lowest BCUT2D eigenvalue weighted by molar-refractivity contribution is 0.395. The summed E-state index contributed by atoms with van der Waals surface area (Å²) in [6.45, 7) is 7.48. The summed E-state index contributed by atoms with van der Waals surface area (Å²) in [6, 6.07) is 8.75. The molecule has 0 saturated heterocycles. The standard InChI is InChI=1S/C16H22N2OS/c1-12(2)10-17-16(20)18(14-6-7-14)11-13-4-8-15(19-3)9-5-13/h4-5,8-9,14H,1,6-7,10-11H2,2-3H3,(H,17,20). The topological polar surface area (TPSA) is 24.5 Å². The van der Waals surface area contributed by atoms with Gasteiger partial charge < -0.3 is 15.0 Å².